The number of nitrogens with zero attached hydrogens (tertiary/aromatic N) is 3. The van der Waals surface area contributed by atoms with Crippen LogP contribution >= 0.6 is 23.8 Å². The molecular formula is C18H25ClN4OS. The molecule has 7 heteroatoms. The lowest BCUT2D eigenvalue weighted by atomic mass is 10.2. The Morgan fingerprint density at radius 3 is 2.56 bits per heavy atom. The Bertz CT molecular complexity index is 764. The minimum Gasteiger partial charge on any atom is -0.354 e. The number of halogens is 1. The van der Waals surface area contributed by atoms with Gasteiger partial charge in [-0.1, -0.05) is 24.9 Å². The van der Waals surface area contributed by atoms with E-state index in [1.807, 2.05) is 42.7 Å². The predicted octanol–water partition coefficient (Wildman–Crippen LogP) is 4.45. The standard InChI is InChI=1S/C18H25ClN4OS/c1-4-5-11-22-17(14-6-8-15(19)9-7-14)21-23(18(22)25)12-10-16(24)20-13(2)3/h6-9,13H,4-5,10-12H2,1-3H3,(H,20,24). The summed E-state index contributed by atoms with van der Waals surface area (Å²) in [5, 5.41) is 8.24. The maximum Gasteiger partial charge on any atom is 0.222 e. The summed E-state index contributed by atoms with van der Waals surface area (Å²) in [5.41, 5.74) is 0.969. The van der Waals surface area contributed by atoms with E-state index in [4.69, 9.17) is 23.8 Å². The molecule has 0 aliphatic rings. The summed E-state index contributed by atoms with van der Waals surface area (Å²) in [7, 11) is 0. The molecule has 1 aromatic heterocycles. The number of amides is 1. The number of aryl methyl sites for hydroxylation is 1. The summed E-state index contributed by atoms with van der Waals surface area (Å²) in [6.45, 7) is 7.32. The average molecular weight is 381 g/mol. The second kappa shape index (κ2) is 9.15. The van der Waals surface area contributed by atoms with Gasteiger partial charge in [0.05, 0.1) is 6.54 Å². The SMILES string of the molecule is CCCCn1c(-c2ccc(Cl)cc2)nn(CCC(=O)NC(C)C)c1=S. The summed E-state index contributed by atoms with van der Waals surface area (Å²) < 4.78 is 4.44. The summed E-state index contributed by atoms with van der Waals surface area (Å²) in [6, 6.07) is 7.71. The largest absolute Gasteiger partial charge is 0.354 e. The van der Waals surface area contributed by atoms with Crippen molar-refractivity contribution in [1.82, 2.24) is 19.7 Å². The Kier molecular flexibility index (Phi) is 7.20. The molecule has 0 fully saturated rings. The van der Waals surface area contributed by atoms with E-state index in [-0.39, 0.29) is 11.9 Å². The normalized spacial score (nSPS) is 11.1. The van der Waals surface area contributed by atoms with E-state index >= 15 is 0 Å². The molecule has 2 aromatic rings. The zero-order valence-corrected chi connectivity index (χ0v) is 16.5. The second-order valence-electron chi connectivity index (χ2n) is 6.31. The Hall–Kier alpha value is -1.66. The minimum absolute atomic E-state index is 0.00745. The van der Waals surface area contributed by atoms with E-state index in [0.717, 1.165) is 30.8 Å². The van der Waals surface area contributed by atoms with Gasteiger partial charge in [0.15, 0.2) is 10.6 Å². The summed E-state index contributed by atoms with van der Waals surface area (Å²) in [6.07, 6.45) is 2.45. The van der Waals surface area contributed by atoms with Crippen molar-refractivity contribution in [2.75, 3.05) is 0 Å². The fourth-order valence-corrected chi connectivity index (χ4v) is 2.95. The first-order valence-electron chi connectivity index (χ1n) is 8.65. The number of carbonyl (C=O) groups excluding carboxylic acids is 1. The van der Waals surface area contributed by atoms with Crippen LogP contribution in [0.4, 0.5) is 0 Å². The maximum atomic E-state index is 11.9. The second-order valence-corrected chi connectivity index (χ2v) is 7.12. The number of aromatic nitrogens is 3. The number of rotatable bonds is 8. The van der Waals surface area contributed by atoms with Crippen LogP contribution in [0, 0.1) is 4.77 Å². The number of unbranched alkanes of at least 4 members (excludes halogenated alkanes) is 1. The molecule has 5 nitrogen and oxygen atoms in total. The van der Waals surface area contributed by atoms with Crippen molar-refractivity contribution in [3.05, 3.63) is 34.1 Å². The van der Waals surface area contributed by atoms with Gasteiger partial charge in [0.2, 0.25) is 5.91 Å². The zero-order valence-electron chi connectivity index (χ0n) is 15.0. The van der Waals surface area contributed by atoms with Gasteiger partial charge in [-0.15, -0.1) is 0 Å². The highest BCUT2D eigenvalue weighted by Crippen LogP contribution is 2.21. The molecule has 0 unspecified atom stereocenters. The Morgan fingerprint density at radius 1 is 1.28 bits per heavy atom. The number of hydrogen-bond donors (Lipinski definition) is 1. The minimum atomic E-state index is 0.00745. The summed E-state index contributed by atoms with van der Waals surface area (Å²) in [4.78, 5) is 11.9. The summed E-state index contributed by atoms with van der Waals surface area (Å²) in [5.74, 6) is 0.826. The first-order chi connectivity index (χ1) is 11.9. The molecule has 0 aliphatic carbocycles. The van der Waals surface area contributed by atoms with Crippen LogP contribution < -0.4 is 5.32 Å². The van der Waals surface area contributed by atoms with Crippen LogP contribution in [-0.4, -0.2) is 26.3 Å². The number of nitrogens with one attached hydrogen (secondary N) is 1. The van der Waals surface area contributed by atoms with Gasteiger partial charge in [0, 0.05) is 29.6 Å². The molecule has 0 bridgehead atoms. The quantitative estimate of drug-likeness (QED) is 0.688. The van der Waals surface area contributed by atoms with Crippen LogP contribution in [0.25, 0.3) is 11.4 Å². The molecule has 136 valence electrons. The van der Waals surface area contributed by atoms with Crippen LogP contribution in [0.5, 0.6) is 0 Å². The molecule has 1 N–H and O–H groups in total. The van der Waals surface area contributed by atoms with E-state index in [1.54, 1.807) is 4.68 Å². The van der Waals surface area contributed by atoms with Crippen LogP contribution in [0.2, 0.25) is 5.02 Å². The Morgan fingerprint density at radius 2 is 1.96 bits per heavy atom. The van der Waals surface area contributed by atoms with E-state index in [0.29, 0.717) is 22.8 Å². The van der Waals surface area contributed by atoms with Crippen molar-refractivity contribution >= 4 is 29.7 Å². The Balaban J connectivity index is 2.27. The van der Waals surface area contributed by atoms with Crippen molar-refractivity contribution in [2.24, 2.45) is 0 Å². The maximum absolute atomic E-state index is 11.9. The molecule has 2 rings (SSSR count). The molecule has 1 heterocycles. The predicted molar refractivity (Wildman–Crippen MR) is 104 cm³/mol. The summed E-state index contributed by atoms with van der Waals surface area (Å²) >= 11 is 11.6. The fourth-order valence-electron chi connectivity index (χ4n) is 2.52. The third-order valence-corrected chi connectivity index (χ3v) is 4.44. The molecular weight excluding hydrogens is 356 g/mol. The highest BCUT2D eigenvalue weighted by atomic mass is 35.5. The first kappa shape index (κ1) is 19.7. The van der Waals surface area contributed by atoms with Crippen molar-refractivity contribution < 1.29 is 4.79 Å². The molecule has 0 spiro atoms. The first-order valence-corrected chi connectivity index (χ1v) is 9.44. The highest BCUT2D eigenvalue weighted by Gasteiger charge is 2.13. The number of benzene rings is 1. The van der Waals surface area contributed by atoms with Crippen LogP contribution in [0.1, 0.15) is 40.0 Å². The van der Waals surface area contributed by atoms with Crippen molar-refractivity contribution in [2.45, 2.75) is 59.2 Å². The third kappa shape index (κ3) is 5.41. The number of carbonyl (C=O) groups is 1. The monoisotopic (exact) mass is 380 g/mol. The smallest absolute Gasteiger partial charge is 0.222 e. The van der Waals surface area contributed by atoms with Crippen molar-refractivity contribution in [1.29, 1.82) is 0 Å². The van der Waals surface area contributed by atoms with E-state index < -0.39 is 0 Å². The van der Waals surface area contributed by atoms with Crippen molar-refractivity contribution in [3.8, 4) is 11.4 Å². The molecule has 0 saturated heterocycles. The average Bonchev–Trinajstić information content (AvgIpc) is 2.87. The molecule has 25 heavy (non-hydrogen) atoms. The lowest BCUT2D eigenvalue weighted by Crippen LogP contribution is -2.30. The zero-order chi connectivity index (χ0) is 18.4. The van der Waals surface area contributed by atoms with E-state index in [1.165, 1.54) is 0 Å². The molecule has 0 atom stereocenters. The van der Waals surface area contributed by atoms with Crippen LogP contribution in [-0.2, 0) is 17.9 Å². The third-order valence-electron chi connectivity index (χ3n) is 3.76. The molecule has 0 aliphatic heterocycles. The molecule has 1 aromatic carbocycles. The van der Waals surface area contributed by atoms with Crippen LogP contribution in [0.3, 0.4) is 0 Å². The van der Waals surface area contributed by atoms with Crippen molar-refractivity contribution in [3.63, 3.8) is 0 Å². The fraction of sp³-hybridized carbons (Fsp3) is 0.500. The Labute approximate surface area is 159 Å². The van der Waals surface area contributed by atoms with Gasteiger partial charge in [-0.2, -0.15) is 5.10 Å². The van der Waals surface area contributed by atoms with Gasteiger partial charge in [0.1, 0.15) is 0 Å². The lowest BCUT2D eigenvalue weighted by molar-refractivity contribution is -0.121. The van der Waals surface area contributed by atoms with Gasteiger partial charge in [-0.25, -0.2) is 4.68 Å². The molecule has 0 radical (unpaired) electrons. The van der Waals surface area contributed by atoms with Gasteiger partial charge >= 0.3 is 0 Å². The highest BCUT2D eigenvalue weighted by molar-refractivity contribution is 7.71. The topological polar surface area (TPSA) is 51.9 Å². The van der Waals surface area contributed by atoms with Crippen LogP contribution in [0.15, 0.2) is 24.3 Å². The van der Waals surface area contributed by atoms with E-state index in [9.17, 15) is 4.79 Å². The van der Waals surface area contributed by atoms with Gasteiger partial charge in [-0.3, -0.25) is 9.36 Å². The van der Waals surface area contributed by atoms with Gasteiger partial charge in [0.25, 0.3) is 0 Å². The lowest BCUT2D eigenvalue weighted by Gasteiger charge is -2.07. The molecule has 0 saturated carbocycles. The van der Waals surface area contributed by atoms with E-state index in [2.05, 4.69) is 17.3 Å². The van der Waals surface area contributed by atoms with Gasteiger partial charge < -0.3 is 5.32 Å². The molecule has 1 amide bonds. The van der Waals surface area contributed by atoms with Gasteiger partial charge in [-0.05, 0) is 56.8 Å². The number of hydrogen-bond acceptors (Lipinski definition) is 3.